The number of aromatic amines is 1. The Labute approximate surface area is 98.8 Å². The van der Waals surface area contributed by atoms with Crippen LogP contribution in [-0.2, 0) is 7.05 Å². The molecule has 0 fully saturated rings. The van der Waals surface area contributed by atoms with Gasteiger partial charge in [0, 0.05) is 13.1 Å². The summed E-state index contributed by atoms with van der Waals surface area (Å²) in [5, 5.41) is 0.440. The van der Waals surface area contributed by atoms with Crippen molar-refractivity contribution in [2.45, 2.75) is 0 Å². The quantitative estimate of drug-likeness (QED) is 0.850. The fourth-order valence-electron chi connectivity index (χ4n) is 1.52. The van der Waals surface area contributed by atoms with Crippen molar-refractivity contribution in [1.29, 1.82) is 0 Å². The van der Waals surface area contributed by atoms with E-state index in [2.05, 4.69) is 20.9 Å². The van der Waals surface area contributed by atoms with E-state index in [1.54, 1.807) is 19.2 Å². The SMILES string of the molecule is COc1cc2c(cc1Br)c(=O)[nH]c(=O)n2C. The summed E-state index contributed by atoms with van der Waals surface area (Å²) in [6, 6.07) is 3.28. The number of aryl methyl sites for hydroxylation is 1. The van der Waals surface area contributed by atoms with Crippen molar-refractivity contribution in [1.82, 2.24) is 9.55 Å². The molecule has 0 aliphatic heterocycles. The third kappa shape index (κ3) is 1.55. The van der Waals surface area contributed by atoms with Crippen LogP contribution in [0.25, 0.3) is 10.9 Å². The highest BCUT2D eigenvalue weighted by Crippen LogP contribution is 2.27. The van der Waals surface area contributed by atoms with Gasteiger partial charge in [0.2, 0.25) is 0 Å². The van der Waals surface area contributed by atoms with Gasteiger partial charge in [-0.15, -0.1) is 0 Å². The fraction of sp³-hybridized carbons (Fsp3) is 0.200. The first-order chi connectivity index (χ1) is 7.54. The number of halogens is 1. The first kappa shape index (κ1) is 10.9. The lowest BCUT2D eigenvalue weighted by Crippen LogP contribution is -2.28. The van der Waals surface area contributed by atoms with Crippen LogP contribution in [0.2, 0.25) is 0 Å². The Morgan fingerprint density at radius 2 is 2.06 bits per heavy atom. The molecule has 0 radical (unpaired) electrons. The van der Waals surface area contributed by atoms with Crippen molar-refractivity contribution >= 4 is 26.8 Å². The van der Waals surface area contributed by atoms with Crippen molar-refractivity contribution in [3.8, 4) is 5.75 Å². The molecule has 0 spiro atoms. The molecule has 1 aromatic heterocycles. The Morgan fingerprint density at radius 3 is 2.69 bits per heavy atom. The highest BCUT2D eigenvalue weighted by molar-refractivity contribution is 9.10. The van der Waals surface area contributed by atoms with Crippen LogP contribution in [0.4, 0.5) is 0 Å². The number of aromatic nitrogens is 2. The minimum absolute atomic E-state index is 0.401. The van der Waals surface area contributed by atoms with Gasteiger partial charge in [-0.3, -0.25) is 14.3 Å². The highest BCUT2D eigenvalue weighted by Gasteiger charge is 2.09. The molecule has 1 aromatic carbocycles. The van der Waals surface area contributed by atoms with Crippen LogP contribution in [0.3, 0.4) is 0 Å². The molecule has 0 aliphatic carbocycles. The predicted molar refractivity (Wildman–Crippen MR) is 64.1 cm³/mol. The second kappa shape index (κ2) is 3.79. The van der Waals surface area contributed by atoms with E-state index in [9.17, 15) is 9.59 Å². The molecule has 2 aromatic rings. The standard InChI is InChI=1S/C10H9BrN2O3/c1-13-7-4-8(16-2)6(11)3-5(7)9(14)12-10(13)15/h3-4H,1-2H3,(H,12,14,15). The molecule has 84 valence electrons. The van der Waals surface area contributed by atoms with Crippen LogP contribution in [0.1, 0.15) is 0 Å². The average Bonchev–Trinajstić information content (AvgIpc) is 2.25. The van der Waals surface area contributed by atoms with Gasteiger partial charge in [-0.05, 0) is 22.0 Å². The van der Waals surface area contributed by atoms with Crippen molar-refractivity contribution in [3.05, 3.63) is 37.4 Å². The van der Waals surface area contributed by atoms with Crippen LogP contribution in [0, 0.1) is 0 Å². The molecule has 0 amide bonds. The molecule has 0 saturated carbocycles. The largest absolute Gasteiger partial charge is 0.495 e. The maximum atomic E-state index is 11.6. The highest BCUT2D eigenvalue weighted by atomic mass is 79.9. The second-order valence-corrected chi connectivity index (χ2v) is 4.18. The van der Waals surface area contributed by atoms with Gasteiger partial charge in [0.1, 0.15) is 5.75 Å². The molecule has 5 nitrogen and oxygen atoms in total. The summed E-state index contributed by atoms with van der Waals surface area (Å²) in [6.07, 6.45) is 0. The first-order valence-corrected chi connectivity index (χ1v) is 5.30. The van der Waals surface area contributed by atoms with E-state index in [4.69, 9.17) is 4.74 Å². The molecule has 16 heavy (non-hydrogen) atoms. The minimum atomic E-state index is -0.443. The van der Waals surface area contributed by atoms with Crippen LogP contribution < -0.4 is 16.0 Å². The molecule has 0 aliphatic rings. The zero-order valence-corrected chi connectivity index (χ0v) is 10.3. The molecule has 2 rings (SSSR count). The Bertz CT molecular complexity index is 672. The number of hydrogen-bond donors (Lipinski definition) is 1. The Kier molecular flexibility index (Phi) is 2.59. The Morgan fingerprint density at radius 1 is 1.38 bits per heavy atom. The van der Waals surface area contributed by atoms with Crippen LogP contribution >= 0.6 is 15.9 Å². The van der Waals surface area contributed by atoms with Gasteiger partial charge < -0.3 is 4.74 Å². The Balaban J connectivity index is 3.02. The zero-order chi connectivity index (χ0) is 11.9. The molecule has 0 unspecified atom stereocenters. The van der Waals surface area contributed by atoms with Crippen molar-refractivity contribution in [2.75, 3.05) is 7.11 Å². The van der Waals surface area contributed by atoms with Gasteiger partial charge in [-0.2, -0.15) is 0 Å². The summed E-state index contributed by atoms with van der Waals surface area (Å²) in [6.45, 7) is 0. The van der Waals surface area contributed by atoms with Crippen LogP contribution in [-0.4, -0.2) is 16.7 Å². The van der Waals surface area contributed by atoms with E-state index in [0.29, 0.717) is 21.1 Å². The average molecular weight is 285 g/mol. The summed E-state index contributed by atoms with van der Waals surface area (Å²) in [5.41, 5.74) is -0.308. The van der Waals surface area contributed by atoms with Gasteiger partial charge in [0.15, 0.2) is 0 Å². The fourth-order valence-corrected chi connectivity index (χ4v) is 2.02. The van der Waals surface area contributed by atoms with E-state index in [1.165, 1.54) is 11.7 Å². The third-order valence-corrected chi connectivity index (χ3v) is 3.02. The van der Waals surface area contributed by atoms with E-state index >= 15 is 0 Å². The summed E-state index contributed by atoms with van der Waals surface area (Å²) in [5.74, 6) is 0.577. The molecular formula is C10H9BrN2O3. The van der Waals surface area contributed by atoms with Gasteiger partial charge in [0.05, 0.1) is 22.5 Å². The number of nitrogens with one attached hydrogen (secondary N) is 1. The zero-order valence-electron chi connectivity index (χ0n) is 8.70. The van der Waals surface area contributed by atoms with Crippen LogP contribution in [0.15, 0.2) is 26.2 Å². The molecule has 6 heteroatoms. The lowest BCUT2D eigenvalue weighted by atomic mass is 10.2. The number of fused-ring (bicyclic) bond motifs is 1. The maximum Gasteiger partial charge on any atom is 0.328 e. The molecule has 0 bridgehead atoms. The predicted octanol–water partition coefficient (Wildman–Crippen LogP) is 0.998. The summed E-state index contributed by atoms with van der Waals surface area (Å²) in [4.78, 5) is 25.2. The Hall–Kier alpha value is -1.56. The maximum absolute atomic E-state index is 11.6. The van der Waals surface area contributed by atoms with Gasteiger partial charge >= 0.3 is 5.69 Å². The monoisotopic (exact) mass is 284 g/mol. The minimum Gasteiger partial charge on any atom is -0.495 e. The molecule has 1 N–H and O–H groups in total. The van der Waals surface area contributed by atoms with Gasteiger partial charge in [0.25, 0.3) is 5.56 Å². The number of ether oxygens (including phenoxy) is 1. The number of nitrogens with zero attached hydrogens (tertiary/aromatic N) is 1. The number of methoxy groups -OCH3 is 1. The topological polar surface area (TPSA) is 64.1 Å². The number of benzene rings is 1. The number of rotatable bonds is 1. The van der Waals surface area contributed by atoms with E-state index in [1.807, 2.05) is 0 Å². The molecular weight excluding hydrogens is 276 g/mol. The number of H-pyrrole nitrogens is 1. The van der Waals surface area contributed by atoms with Crippen molar-refractivity contribution in [3.63, 3.8) is 0 Å². The van der Waals surface area contributed by atoms with Crippen LogP contribution in [0.5, 0.6) is 5.75 Å². The lowest BCUT2D eigenvalue weighted by molar-refractivity contribution is 0.412. The van der Waals surface area contributed by atoms with E-state index in [-0.39, 0.29) is 0 Å². The van der Waals surface area contributed by atoms with E-state index in [0.717, 1.165) is 0 Å². The summed E-state index contributed by atoms with van der Waals surface area (Å²) < 4.78 is 7.15. The molecule has 0 atom stereocenters. The second-order valence-electron chi connectivity index (χ2n) is 3.32. The molecule has 1 heterocycles. The lowest BCUT2D eigenvalue weighted by Gasteiger charge is -2.07. The molecule has 0 saturated heterocycles. The van der Waals surface area contributed by atoms with E-state index < -0.39 is 11.2 Å². The smallest absolute Gasteiger partial charge is 0.328 e. The van der Waals surface area contributed by atoms with Gasteiger partial charge in [-0.1, -0.05) is 0 Å². The summed E-state index contributed by atoms with van der Waals surface area (Å²) in [7, 11) is 3.12. The normalized spacial score (nSPS) is 10.7. The number of hydrogen-bond acceptors (Lipinski definition) is 3. The van der Waals surface area contributed by atoms with Crippen molar-refractivity contribution in [2.24, 2.45) is 7.05 Å². The summed E-state index contributed by atoms with van der Waals surface area (Å²) >= 11 is 3.29. The third-order valence-electron chi connectivity index (χ3n) is 2.40. The van der Waals surface area contributed by atoms with Crippen molar-refractivity contribution < 1.29 is 4.74 Å². The first-order valence-electron chi connectivity index (χ1n) is 4.51. The van der Waals surface area contributed by atoms with Gasteiger partial charge in [-0.25, -0.2) is 4.79 Å².